The Morgan fingerprint density at radius 3 is 2.57 bits per heavy atom. The minimum atomic E-state index is -0.523. The maximum Gasteiger partial charge on any atom is 0.295 e. The summed E-state index contributed by atoms with van der Waals surface area (Å²) in [6.07, 6.45) is 3.51. The molecular weight excluding hydrogens is 270 g/mol. The van der Waals surface area contributed by atoms with Crippen LogP contribution in [-0.4, -0.2) is 34.2 Å². The van der Waals surface area contributed by atoms with Crippen LogP contribution in [0, 0.1) is 4.91 Å². The average molecular weight is 285 g/mol. The van der Waals surface area contributed by atoms with Crippen molar-refractivity contribution in [1.82, 2.24) is 9.47 Å². The first kappa shape index (κ1) is 13.5. The van der Waals surface area contributed by atoms with Crippen LogP contribution in [0.15, 0.2) is 29.6 Å². The second-order valence-electron chi connectivity index (χ2n) is 5.27. The minimum Gasteiger partial charge on any atom is -0.350 e. The summed E-state index contributed by atoms with van der Waals surface area (Å²) in [6.45, 7) is 1.27. The van der Waals surface area contributed by atoms with Gasteiger partial charge in [0.15, 0.2) is 0 Å². The summed E-state index contributed by atoms with van der Waals surface area (Å²) in [4.78, 5) is 36.9. The Bertz CT molecular complexity index is 742. The number of aryl methyl sites for hydroxylation is 1. The molecule has 0 unspecified atom stereocenters. The number of fused-ring (bicyclic) bond motifs is 1. The number of rotatable bonds is 3. The first-order valence-corrected chi connectivity index (χ1v) is 6.88. The summed E-state index contributed by atoms with van der Waals surface area (Å²) < 4.78 is 1.77. The predicted molar refractivity (Wildman–Crippen MR) is 78.5 cm³/mol. The van der Waals surface area contributed by atoms with Gasteiger partial charge in [-0.25, -0.2) is 0 Å². The summed E-state index contributed by atoms with van der Waals surface area (Å²) >= 11 is 0. The van der Waals surface area contributed by atoms with E-state index in [1.54, 1.807) is 40.9 Å². The smallest absolute Gasteiger partial charge is 0.295 e. The molecule has 108 valence electrons. The van der Waals surface area contributed by atoms with Crippen molar-refractivity contribution in [1.29, 1.82) is 0 Å². The van der Waals surface area contributed by atoms with Gasteiger partial charge in [-0.1, -0.05) is 0 Å². The Morgan fingerprint density at radius 2 is 1.90 bits per heavy atom. The fraction of sp³-hybridized carbons (Fsp3) is 0.333. The first-order valence-electron chi connectivity index (χ1n) is 6.88. The molecule has 1 saturated heterocycles. The van der Waals surface area contributed by atoms with E-state index in [9.17, 15) is 14.5 Å². The molecule has 0 aliphatic carbocycles. The van der Waals surface area contributed by atoms with Gasteiger partial charge in [0.05, 0.1) is 5.56 Å². The number of Topliss-reactive ketones (excluding diaryl/α,β-unsaturated/α-hetero) is 1. The normalized spacial score (nSPS) is 14.6. The number of likely N-dealkylation sites (tertiary alicyclic amines) is 1. The number of nitroso groups, excluding NO2 is 1. The largest absolute Gasteiger partial charge is 0.350 e. The maximum absolute atomic E-state index is 12.4. The fourth-order valence-corrected chi connectivity index (χ4v) is 2.80. The van der Waals surface area contributed by atoms with Crippen molar-refractivity contribution in [2.24, 2.45) is 12.2 Å². The number of benzene rings is 1. The predicted octanol–water partition coefficient (Wildman–Crippen LogP) is 2.38. The summed E-state index contributed by atoms with van der Waals surface area (Å²) in [5.41, 5.74) is 1.37. The van der Waals surface area contributed by atoms with E-state index < -0.39 is 11.7 Å². The Balaban J connectivity index is 2.04. The first-order chi connectivity index (χ1) is 10.1. The Labute approximate surface area is 121 Å². The van der Waals surface area contributed by atoms with Crippen molar-refractivity contribution >= 4 is 28.3 Å². The van der Waals surface area contributed by atoms with Crippen LogP contribution < -0.4 is 0 Å². The number of carbonyl (C=O) groups excluding carboxylic acids is 2. The zero-order chi connectivity index (χ0) is 15.0. The maximum atomic E-state index is 12.4. The third-order valence-corrected chi connectivity index (χ3v) is 3.91. The minimum absolute atomic E-state index is 0.247. The van der Waals surface area contributed by atoms with Gasteiger partial charge in [-0.15, -0.1) is 4.91 Å². The lowest BCUT2D eigenvalue weighted by Crippen LogP contribution is -2.34. The van der Waals surface area contributed by atoms with E-state index in [0.29, 0.717) is 24.0 Å². The summed E-state index contributed by atoms with van der Waals surface area (Å²) in [5.74, 6) is -0.991. The van der Waals surface area contributed by atoms with E-state index in [2.05, 4.69) is 5.18 Å². The van der Waals surface area contributed by atoms with E-state index in [-0.39, 0.29) is 5.69 Å². The second-order valence-corrected chi connectivity index (χ2v) is 5.27. The molecule has 0 bridgehead atoms. The highest BCUT2D eigenvalue weighted by atomic mass is 16.3. The van der Waals surface area contributed by atoms with Gasteiger partial charge in [-0.3, -0.25) is 9.59 Å². The fourth-order valence-electron chi connectivity index (χ4n) is 2.80. The molecule has 3 rings (SSSR count). The molecule has 0 N–H and O–H groups in total. The molecule has 1 aromatic carbocycles. The molecule has 2 heterocycles. The monoisotopic (exact) mass is 285 g/mol. The van der Waals surface area contributed by atoms with Crippen molar-refractivity contribution < 1.29 is 9.59 Å². The molecular formula is C15H15N3O3. The van der Waals surface area contributed by atoms with Gasteiger partial charge in [-0.2, -0.15) is 0 Å². The van der Waals surface area contributed by atoms with Crippen molar-refractivity contribution in [2.45, 2.75) is 12.8 Å². The number of hydrogen-bond donors (Lipinski definition) is 0. The Hall–Kier alpha value is -2.50. The van der Waals surface area contributed by atoms with E-state index in [0.717, 1.165) is 18.4 Å². The van der Waals surface area contributed by atoms with E-state index in [1.165, 1.54) is 0 Å². The highest BCUT2D eigenvalue weighted by molar-refractivity contribution is 6.45. The van der Waals surface area contributed by atoms with Crippen LogP contribution in [0.2, 0.25) is 0 Å². The Kier molecular flexibility index (Phi) is 3.29. The van der Waals surface area contributed by atoms with Crippen LogP contribution in [0.3, 0.4) is 0 Å². The topological polar surface area (TPSA) is 71.7 Å². The zero-order valence-electron chi connectivity index (χ0n) is 11.7. The lowest BCUT2D eigenvalue weighted by Gasteiger charge is -2.13. The number of hydrogen-bond acceptors (Lipinski definition) is 4. The molecule has 1 aromatic heterocycles. The molecule has 1 amide bonds. The van der Waals surface area contributed by atoms with Crippen molar-refractivity contribution in [3.63, 3.8) is 0 Å². The van der Waals surface area contributed by atoms with Crippen LogP contribution >= 0.6 is 0 Å². The van der Waals surface area contributed by atoms with Crippen LogP contribution in [0.25, 0.3) is 10.9 Å². The lowest BCUT2D eigenvalue weighted by atomic mass is 10.1. The van der Waals surface area contributed by atoms with Crippen LogP contribution in [0.1, 0.15) is 23.2 Å². The molecule has 0 saturated carbocycles. The summed E-state index contributed by atoms with van der Waals surface area (Å²) in [7, 11) is 1.80. The van der Waals surface area contributed by atoms with Gasteiger partial charge in [-0.05, 0) is 36.2 Å². The van der Waals surface area contributed by atoms with Gasteiger partial charge in [0, 0.05) is 37.2 Å². The third kappa shape index (κ3) is 2.22. The van der Waals surface area contributed by atoms with Gasteiger partial charge < -0.3 is 9.47 Å². The zero-order valence-corrected chi connectivity index (χ0v) is 11.7. The van der Waals surface area contributed by atoms with Crippen LogP contribution in [0.4, 0.5) is 5.69 Å². The lowest BCUT2D eigenvalue weighted by molar-refractivity contribution is -0.125. The number of aromatic nitrogens is 1. The van der Waals surface area contributed by atoms with E-state index in [4.69, 9.17) is 0 Å². The third-order valence-electron chi connectivity index (χ3n) is 3.91. The molecule has 1 aliphatic heterocycles. The van der Waals surface area contributed by atoms with Crippen LogP contribution in [0.5, 0.6) is 0 Å². The molecule has 1 fully saturated rings. The molecule has 0 atom stereocenters. The SMILES string of the molecule is Cn1cc(C(=O)C(=O)N2CCCC2)c2cc(N=O)ccc21. The second kappa shape index (κ2) is 5.12. The number of ketones is 1. The molecule has 2 aromatic rings. The number of nitrogens with zero attached hydrogens (tertiary/aromatic N) is 3. The van der Waals surface area contributed by atoms with Crippen molar-refractivity contribution in [3.05, 3.63) is 34.9 Å². The molecule has 6 nitrogen and oxygen atoms in total. The summed E-state index contributed by atoms with van der Waals surface area (Å²) in [6, 6.07) is 4.86. The summed E-state index contributed by atoms with van der Waals surface area (Å²) in [5, 5.41) is 3.48. The standard InChI is InChI=1S/C15H15N3O3/c1-17-9-12(11-8-10(16-21)4-5-13(11)17)14(19)15(20)18-6-2-3-7-18/h4-5,8-9H,2-3,6-7H2,1H3. The number of amides is 1. The van der Waals surface area contributed by atoms with Gasteiger partial charge >= 0.3 is 0 Å². The van der Waals surface area contributed by atoms with E-state index >= 15 is 0 Å². The van der Waals surface area contributed by atoms with Gasteiger partial charge in [0.2, 0.25) is 0 Å². The highest BCUT2D eigenvalue weighted by Crippen LogP contribution is 2.26. The Morgan fingerprint density at radius 1 is 1.19 bits per heavy atom. The van der Waals surface area contributed by atoms with E-state index in [1.807, 2.05) is 0 Å². The molecule has 0 radical (unpaired) electrons. The van der Waals surface area contributed by atoms with Gasteiger partial charge in [0.25, 0.3) is 11.7 Å². The molecule has 1 aliphatic rings. The highest BCUT2D eigenvalue weighted by Gasteiger charge is 2.27. The van der Waals surface area contributed by atoms with Crippen molar-refractivity contribution in [3.8, 4) is 0 Å². The van der Waals surface area contributed by atoms with Crippen LogP contribution in [-0.2, 0) is 11.8 Å². The number of carbonyl (C=O) groups is 2. The molecule has 0 spiro atoms. The molecule has 6 heteroatoms. The van der Waals surface area contributed by atoms with Crippen molar-refractivity contribution in [2.75, 3.05) is 13.1 Å². The average Bonchev–Trinajstić information content (AvgIpc) is 3.14. The van der Waals surface area contributed by atoms with Gasteiger partial charge in [0.1, 0.15) is 5.69 Å². The molecule has 21 heavy (non-hydrogen) atoms. The quantitative estimate of drug-likeness (QED) is 0.494.